The maximum absolute atomic E-state index is 9.33. The summed E-state index contributed by atoms with van der Waals surface area (Å²) >= 11 is 0. The third-order valence-corrected chi connectivity index (χ3v) is 2.65. The first-order valence-corrected chi connectivity index (χ1v) is 4.55. The van der Waals surface area contributed by atoms with E-state index in [1.165, 1.54) is 0 Å². The van der Waals surface area contributed by atoms with E-state index in [1.807, 2.05) is 11.8 Å². The molecule has 1 aliphatic heterocycles. The maximum atomic E-state index is 9.33. The summed E-state index contributed by atoms with van der Waals surface area (Å²) in [6.07, 6.45) is 1.54. The predicted octanol–water partition coefficient (Wildman–Crippen LogP) is -0.217. The van der Waals surface area contributed by atoms with Crippen molar-refractivity contribution in [2.75, 3.05) is 13.1 Å². The number of nitrogens with zero attached hydrogens (tertiary/aromatic N) is 2. The minimum Gasteiger partial charge on any atom is -0.408 e. The highest BCUT2D eigenvalue weighted by Gasteiger charge is 2.23. The van der Waals surface area contributed by atoms with Crippen LogP contribution in [-0.2, 0) is 0 Å². The highest BCUT2D eigenvalue weighted by Crippen LogP contribution is 2.19. The van der Waals surface area contributed by atoms with E-state index in [0.717, 1.165) is 25.9 Å². The molecule has 1 unspecified atom stereocenters. The Kier molecular flexibility index (Phi) is 3.36. The second-order valence-electron chi connectivity index (χ2n) is 3.52. The molecule has 0 saturated carbocycles. The second kappa shape index (κ2) is 4.32. The fourth-order valence-electron chi connectivity index (χ4n) is 1.67. The molecule has 1 atom stereocenters. The molecule has 0 aliphatic carbocycles. The lowest BCUT2D eigenvalue weighted by Gasteiger charge is -2.33. The molecule has 4 N–H and O–H groups in total. The van der Waals surface area contributed by atoms with E-state index in [2.05, 4.69) is 5.16 Å². The van der Waals surface area contributed by atoms with Crippen LogP contribution in [-0.4, -0.2) is 40.4 Å². The zero-order valence-corrected chi connectivity index (χ0v) is 7.85. The van der Waals surface area contributed by atoms with Crippen molar-refractivity contribution in [3.05, 3.63) is 0 Å². The van der Waals surface area contributed by atoms with Crippen molar-refractivity contribution >= 4 is 5.96 Å². The molecule has 1 aliphatic rings. The van der Waals surface area contributed by atoms with Crippen LogP contribution in [0, 0.1) is 5.92 Å². The highest BCUT2D eigenvalue weighted by atomic mass is 16.4. The van der Waals surface area contributed by atoms with Crippen LogP contribution in [0.15, 0.2) is 5.16 Å². The topological polar surface area (TPSA) is 82.1 Å². The van der Waals surface area contributed by atoms with Gasteiger partial charge in [0.05, 0.1) is 6.10 Å². The van der Waals surface area contributed by atoms with Gasteiger partial charge in [-0.05, 0) is 25.7 Å². The van der Waals surface area contributed by atoms with E-state index in [1.54, 1.807) is 0 Å². The van der Waals surface area contributed by atoms with Crippen LogP contribution in [0.3, 0.4) is 0 Å². The molecule has 0 aromatic carbocycles. The highest BCUT2D eigenvalue weighted by molar-refractivity contribution is 5.77. The summed E-state index contributed by atoms with van der Waals surface area (Å²) < 4.78 is 0. The van der Waals surface area contributed by atoms with Crippen LogP contribution >= 0.6 is 0 Å². The summed E-state index contributed by atoms with van der Waals surface area (Å²) in [6.45, 7) is 3.32. The van der Waals surface area contributed by atoms with Crippen LogP contribution < -0.4 is 5.73 Å². The quantitative estimate of drug-likeness (QED) is 0.229. The molecule has 0 aromatic heterocycles. The van der Waals surface area contributed by atoms with Gasteiger partial charge < -0.3 is 20.9 Å². The number of aliphatic hydroxyl groups is 1. The molecule has 1 fully saturated rings. The first-order chi connectivity index (χ1) is 6.15. The Hall–Kier alpha value is -0.970. The van der Waals surface area contributed by atoms with E-state index in [0.29, 0.717) is 5.92 Å². The normalized spacial score (nSPS) is 23.2. The Balaban J connectivity index is 2.39. The van der Waals surface area contributed by atoms with Crippen LogP contribution in [0.25, 0.3) is 0 Å². The molecule has 0 amide bonds. The molecule has 76 valence electrons. The molecule has 5 heteroatoms. The Labute approximate surface area is 77.8 Å². The number of hydrogen-bond acceptors (Lipinski definition) is 3. The number of rotatable bonds is 1. The molecule has 1 heterocycles. The fourth-order valence-corrected chi connectivity index (χ4v) is 1.67. The van der Waals surface area contributed by atoms with E-state index >= 15 is 0 Å². The van der Waals surface area contributed by atoms with Gasteiger partial charge in [-0.2, -0.15) is 0 Å². The predicted molar refractivity (Wildman–Crippen MR) is 49.4 cm³/mol. The van der Waals surface area contributed by atoms with E-state index < -0.39 is 0 Å². The van der Waals surface area contributed by atoms with Crippen molar-refractivity contribution in [2.45, 2.75) is 25.9 Å². The standard InChI is InChI=1S/C8H17N3O2/c1-6(12)7-2-4-11(5-3-7)8(9)10-13/h6-7,12-13H,2-5H2,1H3,(H2,9,10). The van der Waals surface area contributed by atoms with E-state index in [9.17, 15) is 5.11 Å². The number of guanidine groups is 1. The summed E-state index contributed by atoms with van der Waals surface area (Å²) in [5.74, 6) is 0.520. The zero-order chi connectivity index (χ0) is 9.84. The molecule has 0 spiro atoms. The average molecular weight is 187 g/mol. The molecular weight excluding hydrogens is 170 g/mol. The van der Waals surface area contributed by atoms with E-state index in [-0.39, 0.29) is 12.1 Å². The maximum Gasteiger partial charge on any atom is 0.233 e. The number of piperidine rings is 1. The summed E-state index contributed by atoms with van der Waals surface area (Å²) in [4.78, 5) is 1.82. The van der Waals surface area contributed by atoms with Crippen LogP contribution in [0.2, 0.25) is 0 Å². The van der Waals surface area contributed by atoms with Crippen LogP contribution in [0.1, 0.15) is 19.8 Å². The SMILES string of the molecule is CC(O)C1CCN(/C(N)=N/O)CC1. The molecular formula is C8H17N3O2. The number of hydrogen-bond donors (Lipinski definition) is 3. The van der Waals surface area contributed by atoms with Crippen molar-refractivity contribution < 1.29 is 10.3 Å². The Bertz CT molecular complexity index is 186. The monoisotopic (exact) mass is 187 g/mol. The van der Waals surface area contributed by atoms with Crippen molar-refractivity contribution in [3.8, 4) is 0 Å². The molecule has 13 heavy (non-hydrogen) atoms. The van der Waals surface area contributed by atoms with Crippen molar-refractivity contribution in [1.82, 2.24) is 4.90 Å². The summed E-state index contributed by atoms with van der Waals surface area (Å²) in [7, 11) is 0. The van der Waals surface area contributed by atoms with Gasteiger partial charge in [0.15, 0.2) is 0 Å². The number of nitrogens with two attached hydrogens (primary N) is 1. The minimum atomic E-state index is -0.255. The van der Waals surface area contributed by atoms with Crippen LogP contribution in [0.5, 0.6) is 0 Å². The summed E-state index contributed by atoms with van der Waals surface area (Å²) in [5.41, 5.74) is 5.43. The number of aliphatic hydroxyl groups excluding tert-OH is 1. The molecule has 0 radical (unpaired) electrons. The second-order valence-corrected chi connectivity index (χ2v) is 3.52. The Morgan fingerprint density at radius 1 is 1.54 bits per heavy atom. The van der Waals surface area contributed by atoms with Gasteiger partial charge in [-0.15, -0.1) is 0 Å². The Morgan fingerprint density at radius 3 is 2.46 bits per heavy atom. The third-order valence-electron chi connectivity index (χ3n) is 2.65. The lowest BCUT2D eigenvalue weighted by Crippen LogP contribution is -2.44. The van der Waals surface area contributed by atoms with Gasteiger partial charge in [0.25, 0.3) is 0 Å². The average Bonchev–Trinajstić information content (AvgIpc) is 2.17. The van der Waals surface area contributed by atoms with Gasteiger partial charge in [0, 0.05) is 13.1 Å². The van der Waals surface area contributed by atoms with E-state index in [4.69, 9.17) is 10.9 Å². The molecule has 5 nitrogen and oxygen atoms in total. The third kappa shape index (κ3) is 2.48. The van der Waals surface area contributed by atoms with Gasteiger partial charge in [-0.3, -0.25) is 0 Å². The first-order valence-electron chi connectivity index (χ1n) is 4.55. The molecule has 0 aromatic rings. The van der Waals surface area contributed by atoms with Gasteiger partial charge in [-0.25, -0.2) is 0 Å². The van der Waals surface area contributed by atoms with Crippen molar-refractivity contribution in [2.24, 2.45) is 16.8 Å². The lowest BCUT2D eigenvalue weighted by molar-refractivity contribution is 0.0879. The molecule has 1 saturated heterocycles. The van der Waals surface area contributed by atoms with Crippen LogP contribution in [0.4, 0.5) is 0 Å². The summed E-state index contributed by atoms with van der Waals surface area (Å²) in [5, 5.41) is 20.7. The Morgan fingerprint density at radius 2 is 2.08 bits per heavy atom. The number of oxime groups is 1. The summed E-state index contributed by atoms with van der Waals surface area (Å²) in [6, 6.07) is 0. The smallest absolute Gasteiger partial charge is 0.233 e. The minimum absolute atomic E-state index is 0.170. The fraction of sp³-hybridized carbons (Fsp3) is 0.875. The van der Waals surface area contributed by atoms with Gasteiger partial charge in [0.2, 0.25) is 5.96 Å². The van der Waals surface area contributed by atoms with Gasteiger partial charge in [0.1, 0.15) is 0 Å². The van der Waals surface area contributed by atoms with Crippen molar-refractivity contribution in [1.29, 1.82) is 0 Å². The zero-order valence-electron chi connectivity index (χ0n) is 7.85. The molecule has 1 rings (SSSR count). The number of likely N-dealkylation sites (tertiary alicyclic amines) is 1. The first kappa shape index (κ1) is 10.1. The molecule has 0 bridgehead atoms. The van der Waals surface area contributed by atoms with Gasteiger partial charge in [-0.1, -0.05) is 5.16 Å². The lowest BCUT2D eigenvalue weighted by atomic mass is 9.92. The van der Waals surface area contributed by atoms with Crippen molar-refractivity contribution in [3.63, 3.8) is 0 Å². The van der Waals surface area contributed by atoms with Gasteiger partial charge >= 0.3 is 0 Å². The largest absolute Gasteiger partial charge is 0.408 e.